The molecule has 0 radical (unpaired) electrons. The van der Waals surface area contributed by atoms with Gasteiger partial charge in [-0.3, -0.25) is 0 Å². The maximum atomic E-state index is 11.5. The molecular formula is C12H17N3O2S. The minimum absolute atomic E-state index is 0.00150. The summed E-state index contributed by atoms with van der Waals surface area (Å²) in [6, 6.07) is 7.65. The summed E-state index contributed by atoms with van der Waals surface area (Å²) in [4.78, 5) is 0. The van der Waals surface area contributed by atoms with E-state index in [4.69, 9.17) is 5.73 Å². The van der Waals surface area contributed by atoms with Crippen LogP contribution in [0.2, 0.25) is 0 Å². The zero-order valence-corrected chi connectivity index (χ0v) is 11.1. The fourth-order valence-electron chi connectivity index (χ4n) is 1.97. The van der Waals surface area contributed by atoms with E-state index in [0.29, 0.717) is 6.54 Å². The van der Waals surface area contributed by atoms with Crippen LogP contribution >= 0.6 is 0 Å². The first-order chi connectivity index (χ1) is 8.55. The third-order valence-corrected chi connectivity index (χ3v) is 4.21. The van der Waals surface area contributed by atoms with Gasteiger partial charge in [-0.05, 0) is 36.2 Å². The van der Waals surface area contributed by atoms with Crippen LogP contribution in [0.5, 0.6) is 0 Å². The molecule has 0 amide bonds. The Kier molecular flexibility index (Phi) is 3.70. The molecule has 1 aromatic carbocycles. The highest BCUT2D eigenvalue weighted by atomic mass is 32.2. The molecule has 1 aromatic heterocycles. The van der Waals surface area contributed by atoms with Crippen molar-refractivity contribution in [3.63, 3.8) is 0 Å². The van der Waals surface area contributed by atoms with Crippen molar-refractivity contribution >= 4 is 20.9 Å². The van der Waals surface area contributed by atoms with Crippen LogP contribution in [0.15, 0.2) is 30.5 Å². The Morgan fingerprint density at radius 3 is 2.78 bits per heavy atom. The molecule has 0 aliphatic rings. The number of aromatic nitrogens is 1. The maximum absolute atomic E-state index is 11.5. The molecule has 0 saturated heterocycles. The van der Waals surface area contributed by atoms with Crippen LogP contribution in [0, 0.1) is 0 Å². The van der Waals surface area contributed by atoms with E-state index in [0.717, 1.165) is 23.0 Å². The van der Waals surface area contributed by atoms with Gasteiger partial charge in [-0.1, -0.05) is 6.07 Å². The van der Waals surface area contributed by atoms with E-state index in [2.05, 4.69) is 9.29 Å². The predicted octanol–water partition coefficient (Wildman–Crippen LogP) is 0.649. The van der Waals surface area contributed by atoms with Crippen LogP contribution in [0.4, 0.5) is 0 Å². The number of fused-ring (bicyclic) bond motifs is 1. The minimum Gasteiger partial charge on any atom is -0.346 e. The summed E-state index contributed by atoms with van der Waals surface area (Å²) < 4.78 is 27.3. The highest BCUT2D eigenvalue weighted by molar-refractivity contribution is 7.88. The number of hydrogen-bond donors (Lipinski definition) is 2. The van der Waals surface area contributed by atoms with E-state index in [-0.39, 0.29) is 5.75 Å². The summed E-state index contributed by atoms with van der Waals surface area (Å²) in [5.74, 6) is 0.00150. The van der Waals surface area contributed by atoms with Crippen molar-refractivity contribution in [2.45, 2.75) is 12.3 Å². The lowest BCUT2D eigenvalue weighted by molar-refractivity contribution is 0.587. The van der Waals surface area contributed by atoms with Crippen LogP contribution in [0.3, 0.4) is 0 Å². The number of benzene rings is 1. The molecule has 0 aliphatic carbocycles. The molecule has 5 nitrogen and oxygen atoms in total. The quantitative estimate of drug-likeness (QED) is 0.835. The number of nitrogens with zero attached hydrogens (tertiary/aromatic N) is 1. The zero-order valence-electron chi connectivity index (χ0n) is 10.3. The smallest absolute Gasteiger partial charge is 0.215 e. The molecule has 0 fully saturated rings. The number of sulfonamides is 1. The summed E-state index contributed by atoms with van der Waals surface area (Å²) in [6.07, 6.45) is 1.97. The van der Waals surface area contributed by atoms with Gasteiger partial charge in [0.15, 0.2) is 0 Å². The molecular weight excluding hydrogens is 250 g/mol. The van der Waals surface area contributed by atoms with Gasteiger partial charge in [-0.25, -0.2) is 13.1 Å². The van der Waals surface area contributed by atoms with Gasteiger partial charge >= 0.3 is 0 Å². The third-order valence-electron chi connectivity index (χ3n) is 2.87. The molecule has 1 heterocycles. The fraction of sp³-hybridized carbons (Fsp3) is 0.333. The normalized spacial score (nSPS) is 12.1. The minimum atomic E-state index is -3.22. The van der Waals surface area contributed by atoms with Gasteiger partial charge in [-0.15, -0.1) is 0 Å². The highest BCUT2D eigenvalue weighted by Gasteiger charge is 2.09. The second kappa shape index (κ2) is 5.09. The van der Waals surface area contributed by atoms with Crippen molar-refractivity contribution in [1.29, 1.82) is 0 Å². The third kappa shape index (κ3) is 2.72. The second-order valence-electron chi connectivity index (χ2n) is 4.15. The number of nitrogens with two attached hydrogens (primary N) is 1. The van der Waals surface area contributed by atoms with Gasteiger partial charge in [-0.2, -0.15) is 0 Å². The van der Waals surface area contributed by atoms with E-state index in [1.807, 2.05) is 30.5 Å². The van der Waals surface area contributed by atoms with Crippen LogP contribution in [0.25, 0.3) is 10.9 Å². The van der Waals surface area contributed by atoms with Crippen molar-refractivity contribution in [1.82, 2.24) is 9.29 Å². The van der Waals surface area contributed by atoms with Crippen LogP contribution in [0.1, 0.15) is 5.56 Å². The lowest BCUT2D eigenvalue weighted by Gasteiger charge is -2.05. The number of nitrogens with one attached hydrogen (secondary N) is 1. The Morgan fingerprint density at radius 2 is 2.11 bits per heavy atom. The van der Waals surface area contributed by atoms with Crippen LogP contribution < -0.4 is 10.5 Å². The Morgan fingerprint density at radius 1 is 1.33 bits per heavy atom. The number of hydrogen-bond acceptors (Lipinski definition) is 3. The van der Waals surface area contributed by atoms with E-state index in [1.165, 1.54) is 7.05 Å². The topological polar surface area (TPSA) is 77.1 Å². The fourth-order valence-corrected chi connectivity index (χ4v) is 2.73. The highest BCUT2D eigenvalue weighted by Crippen LogP contribution is 2.18. The maximum Gasteiger partial charge on any atom is 0.215 e. The summed E-state index contributed by atoms with van der Waals surface area (Å²) in [5.41, 5.74) is 7.39. The Hall–Kier alpha value is -1.37. The van der Waals surface area contributed by atoms with Gasteiger partial charge in [0, 0.05) is 24.8 Å². The Labute approximate surface area is 107 Å². The van der Waals surface area contributed by atoms with Crippen molar-refractivity contribution in [2.24, 2.45) is 5.73 Å². The predicted molar refractivity (Wildman–Crippen MR) is 72.7 cm³/mol. The van der Waals surface area contributed by atoms with Crippen molar-refractivity contribution in [3.8, 4) is 0 Å². The Bertz CT molecular complexity index is 646. The van der Waals surface area contributed by atoms with E-state index in [9.17, 15) is 8.42 Å². The molecule has 0 atom stereocenters. The molecule has 0 saturated carbocycles. The monoisotopic (exact) mass is 267 g/mol. The van der Waals surface area contributed by atoms with Gasteiger partial charge in [0.05, 0.1) is 5.75 Å². The average Bonchev–Trinajstić information content (AvgIpc) is 2.72. The molecule has 0 spiro atoms. The molecule has 18 heavy (non-hydrogen) atoms. The molecule has 98 valence electrons. The largest absolute Gasteiger partial charge is 0.346 e. The lowest BCUT2D eigenvalue weighted by Crippen LogP contribution is -2.20. The van der Waals surface area contributed by atoms with Gasteiger partial charge in [0.25, 0.3) is 0 Å². The van der Waals surface area contributed by atoms with Gasteiger partial charge in [0.1, 0.15) is 0 Å². The molecule has 3 N–H and O–H groups in total. The number of rotatable bonds is 5. The van der Waals surface area contributed by atoms with Gasteiger partial charge in [0.2, 0.25) is 10.0 Å². The summed E-state index contributed by atoms with van der Waals surface area (Å²) in [5, 5.41) is 1.03. The molecule has 0 aliphatic heterocycles. The van der Waals surface area contributed by atoms with E-state index >= 15 is 0 Å². The molecule has 2 rings (SSSR count). The van der Waals surface area contributed by atoms with Crippen LogP contribution in [-0.4, -0.2) is 26.6 Å². The first kappa shape index (κ1) is 13.1. The summed E-state index contributed by atoms with van der Waals surface area (Å²) in [6.45, 7) is 1.34. The van der Waals surface area contributed by atoms with Crippen LogP contribution in [-0.2, 0) is 22.3 Å². The first-order valence-electron chi connectivity index (χ1n) is 5.75. The molecule has 6 heteroatoms. The average molecular weight is 267 g/mol. The van der Waals surface area contributed by atoms with Crippen molar-refractivity contribution in [3.05, 3.63) is 36.0 Å². The second-order valence-corrected chi connectivity index (χ2v) is 6.08. The van der Waals surface area contributed by atoms with E-state index in [1.54, 1.807) is 0 Å². The standard InChI is InChI=1S/C12H17N3O2S/c1-14-18(16,17)9-10-2-3-12-11(8-10)4-6-15(12)7-5-13/h2-4,6,8,14H,5,7,9,13H2,1H3. The molecule has 0 unspecified atom stereocenters. The Balaban J connectivity index is 2.34. The van der Waals surface area contributed by atoms with Gasteiger partial charge < -0.3 is 10.3 Å². The van der Waals surface area contributed by atoms with E-state index < -0.39 is 10.0 Å². The molecule has 2 aromatic rings. The first-order valence-corrected chi connectivity index (χ1v) is 7.40. The zero-order chi connectivity index (χ0) is 13.2. The summed E-state index contributed by atoms with van der Waals surface area (Å²) >= 11 is 0. The summed E-state index contributed by atoms with van der Waals surface area (Å²) in [7, 11) is -1.80. The molecule has 0 bridgehead atoms. The lowest BCUT2D eigenvalue weighted by atomic mass is 10.2. The van der Waals surface area contributed by atoms with Crippen molar-refractivity contribution in [2.75, 3.05) is 13.6 Å². The SMILES string of the molecule is CNS(=O)(=O)Cc1ccc2c(ccn2CCN)c1. The van der Waals surface area contributed by atoms with Crippen molar-refractivity contribution < 1.29 is 8.42 Å².